The van der Waals surface area contributed by atoms with Gasteiger partial charge in [-0.2, -0.15) is 0 Å². The van der Waals surface area contributed by atoms with E-state index in [9.17, 15) is 14.4 Å². The molecule has 2 aromatic rings. The lowest BCUT2D eigenvalue weighted by Crippen LogP contribution is -2.44. The predicted molar refractivity (Wildman–Crippen MR) is 120 cm³/mol. The van der Waals surface area contributed by atoms with Gasteiger partial charge < -0.3 is 5.32 Å². The van der Waals surface area contributed by atoms with Gasteiger partial charge in [0.2, 0.25) is 17.7 Å². The van der Waals surface area contributed by atoms with Crippen LogP contribution in [0.1, 0.15) is 53.4 Å². The summed E-state index contributed by atoms with van der Waals surface area (Å²) < 4.78 is 0. The van der Waals surface area contributed by atoms with Crippen LogP contribution in [0.4, 0.5) is 0 Å². The highest BCUT2D eigenvalue weighted by atomic mass is 16.2. The van der Waals surface area contributed by atoms with Crippen LogP contribution >= 0.6 is 0 Å². The van der Waals surface area contributed by atoms with Crippen molar-refractivity contribution in [1.82, 2.24) is 10.2 Å². The largest absolute Gasteiger partial charge is 0.354 e. The molecule has 5 nitrogen and oxygen atoms in total. The Hall–Kier alpha value is -3.21. The third-order valence-corrected chi connectivity index (χ3v) is 7.88. The quantitative estimate of drug-likeness (QED) is 0.602. The number of nitrogens with one attached hydrogen (secondary N) is 1. The van der Waals surface area contributed by atoms with Crippen LogP contribution in [-0.4, -0.2) is 35.7 Å². The van der Waals surface area contributed by atoms with E-state index in [1.54, 1.807) is 0 Å². The molecule has 3 unspecified atom stereocenters. The monoisotopic (exact) mass is 426 g/mol. The maximum absolute atomic E-state index is 12.8. The zero-order valence-corrected chi connectivity index (χ0v) is 17.9. The fourth-order valence-electron chi connectivity index (χ4n) is 6.43. The van der Waals surface area contributed by atoms with Gasteiger partial charge in [0.05, 0.1) is 11.8 Å². The summed E-state index contributed by atoms with van der Waals surface area (Å²) in [6.45, 7) is 0.381. The first kappa shape index (κ1) is 19.5. The molecule has 1 fully saturated rings. The standard InChI is InChI=1S/C27H26N2O3/c30-24(15-29-26(31)21-11-5-6-12-22(21)27(29)32)28-14-16-13-23-17-7-1-3-9-19(17)25(16)20-10-4-2-8-18(20)23/h1-10,16,21-23,25H,11-15H2,(H,28,30). The van der Waals surface area contributed by atoms with Crippen molar-refractivity contribution in [2.75, 3.05) is 13.1 Å². The van der Waals surface area contributed by atoms with Crippen molar-refractivity contribution in [1.29, 1.82) is 0 Å². The minimum absolute atomic E-state index is 0.168. The van der Waals surface area contributed by atoms with Crippen molar-refractivity contribution >= 4 is 17.7 Å². The van der Waals surface area contributed by atoms with Crippen molar-refractivity contribution in [2.24, 2.45) is 17.8 Å². The van der Waals surface area contributed by atoms with Gasteiger partial charge in [-0.3, -0.25) is 19.3 Å². The van der Waals surface area contributed by atoms with Crippen molar-refractivity contribution in [3.63, 3.8) is 0 Å². The summed E-state index contributed by atoms with van der Waals surface area (Å²) >= 11 is 0. The van der Waals surface area contributed by atoms with E-state index in [1.165, 1.54) is 27.2 Å². The van der Waals surface area contributed by atoms with E-state index >= 15 is 0 Å². The molecule has 32 heavy (non-hydrogen) atoms. The van der Waals surface area contributed by atoms with Gasteiger partial charge in [-0.25, -0.2) is 0 Å². The van der Waals surface area contributed by atoms with Crippen LogP contribution in [0.25, 0.3) is 0 Å². The molecular formula is C27H26N2O3. The Morgan fingerprint density at radius 2 is 1.38 bits per heavy atom. The van der Waals surface area contributed by atoms with Crippen LogP contribution in [0.2, 0.25) is 0 Å². The molecule has 4 aliphatic carbocycles. The van der Waals surface area contributed by atoms with Crippen LogP contribution in [0.15, 0.2) is 60.7 Å². The number of hydrogen-bond donors (Lipinski definition) is 1. The van der Waals surface area contributed by atoms with Gasteiger partial charge in [-0.15, -0.1) is 0 Å². The number of likely N-dealkylation sites (tertiary alicyclic amines) is 1. The third kappa shape index (κ3) is 2.87. The van der Waals surface area contributed by atoms with Crippen LogP contribution in [0.3, 0.4) is 0 Å². The van der Waals surface area contributed by atoms with Gasteiger partial charge in [0.15, 0.2) is 0 Å². The van der Waals surface area contributed by atoms with E-state index in [0.717, 1.165) is 6.42 Å². The molecule has 162 valence electrons. The van der Waals surface area contributed by atoms with Gasteiger partial charge in [-0.1, -0.05) is 60.7 Å². The molecule has 1 heterocycles. The summed E-state index contributed by atoms with van der Waals surface area (Å²) in [7, 11) is 0. The molecule has 0 saturated carbocycles. The summed E-state index contributed by atoms with van der Waals surface area (Å²) in [6.07, 6.45) is 6.11. The van der Waals surface area contributed by atoms with Crippen molar-refractivity contribution in [3.8, 4) is 0 Å². The highest BCUT2D eigenvalue weighted by molar-refractivity contribution is 6.07. The second-order valence-corrected chi connectivity index (χ2v) is 9.51. The van der Waals surface area contributed by atoms with Gasteiger partial charge in [-0.05, 0) is 47.4 Å². The van der Waals surface area contributed by atoms with E-state index in [2.05, 4.69) is 53.8 Å². The molecular weight excluding hydrogens is 400 g/mol. The average molecular weight is 427 g/mol. The molecule has 3 atom stereocenters. The number of rotatable bonds is 4. The Morgan fingerprint density at radius 3 is 1.94 bits per heavy atom. The zero-order chi connectivity index (χ0) is 21.8. The minimum atomic E-state index is -0.289. The molecule has 1 aliphatic heterocycles. The second kappa shape index (κ2) is 7.44. The van der Waals surface area contributed by atoms with E-state index in [0.29, 0.717) is 31.2 Å². The fraction of sp³-hybridized carbons (Fsp3) is 0.370. The molecule has 7 rings (SSSR count). The molecule has 5 aliphatic rings. The number of benzene rings is 2. The van der Waals surface area contributed by atoms with E-state index < -0.39 is 0 Å². The van der Waals surface area contributed by atoms with Crippen LogP contribution in [-0.2, 0) is 14.4 Å². The number of imide groups is 1. The number of carbonyl (C=O) groups excluding carboxylic acids is 3. The average Bonchev–Trinajstić information content (AvgIpc) is 3.08. The highest BCUT2D eigenvalue weighted by Gasteiger charge is 2.48. The Labute approximate surface area is 187 Å². The van der Waals surface area contributed by atoms with Crippen molar-refractivity contribution in [3.05, 3.63) is 82.9 Å². The minimum Gasteiger partial charge on any atom is -0.354 e. The van der Waals surface area contributed by atoms with E-state index in [4.69, 9.17) is 0 Å². The molecule has 3 amide bonds. The Morgan fingerprint density at radius 1 is 0.844 bits per heavy atom. The fourth-order valence-corrected chi connectivity index (χ4v) is 6.43. The molecule has 1 N–H and O–H groups in total. The van der Waals surface area contributed by atoms with Crippen LogP contribution in [0.5, 0.6) is 0 Å². The number of hydrogen-bond acceptors (Lipinski definition) is 3. The zero-order valence-electron chi connectivity index (χ0n) is 17.9. The van der Waals surface area contributed by atoms with Crippen molar-refractivity contribution < 1.29 is 14.4 Å². The van der Waals surface area contributed by atoms with Gasteiger partial charge in [0, 0.05) is 18.4 Å². The van der Waals surface area contributed by atoms with Crippen LogP contribution < -0.4 is 5.32 Å². The first-order chi connectivity index (χ1) is 15.6. The summed E-state index contributed by atoms with van der Waals surface area (Å²) in [5.74, 6) is -0.307. The summed E-state index contributed by atoms with van der Waals surface area (Å²) in [5.41, 5.74) is 5.54. The first-order valence-electron chi connectivity index (χ1n) is 11.6. The van der Waals surface area contributed by atoms with Gasteiger partial charge >= 0.3 is 0 Å². The Kier molecular flexibility index (Phi) is 4.53. The molecule has 0 spiro atoms. The van der Waals surface area contributed by atoms with Crippen LogP contribution in [0, 0.1) is 17.8 Å². The number of nitrogens with zero attached hydrogens (tertiary/aromatic N) is 1. The van der Waals surface area contributed by atoms with E-state index in [-0.39, 0.29) is 42.0 Å². The number of allylic oxidation sites excluding steroid dienone is 2. The maximum atomic E-state index is 12.8. The first-order valence-corrected chi connectivity index (χ1v) is 11.6. The lowest BCUT2D eigenvalue weighted by Gasteiger charge is -2.45. The number of amides is 3. The molecule has 0 aromatic heterocycles. The van der Waals surface area contributed by atoms with Gasteiger partial charge in [0.1, 0.15) is 6.54 Å². The topological polar surface area (TPSA) is 66.5 Å². The van der Waals surface area contributed by atoms with E-state index in [1.807, 2.05) is 12.2 Å². The maximum Gasteiger partial charge on any atom is 0.240 e. The molecule has 1 saturated heterocycles. The summed E-state index contributed by atoms with van der Waals surface area (Å²) in [4.78, 5) is 39.3. The Balaban J connectivity index is 1.17. The molecule has 2 bridgehead atoms. The van der Waals surface area contributed by atoms with Gasteiger partial charge in [0.25, 0.3) is 0 Å². The highest BCUT2D eigenvalue weighted by Crippen LogP contribution is 2.55. The predicted octanol–water partition coefficient (Wildman–Crippen LogP) is 3.35. The second-order valence-electron chi connectivity index (χ2n) is 9.51. The molecule has 0 radical (unpaired) electrons. The lowest BCUT2D eigenvalue weighted by molar-refractivity contribution is -0.143. The number of fused-ring (bicyclic) bond motifs is 2. The normalized spacial score (nSPS) is 29.5. The summed E-state index contributed by atoms with van der Waals surface area (Å²) in [5, 5.41) is 3.05. The Bertz CT molecular complexity index is 1080. The molecule has 5 heteroatoms. The SMILES string of the molecule is O=C(CN1C(=O)C2CC=CCC2C1=O)NCC1CC2c3ccccc3C1c1ccccc12. The lowest BCUT2D eigenvalue weighted by atomic mass is 9.59. The summed E-state index contributed by atoms with van der Waals surface area (Å²) in [6, 6.07) is 17.3. The molecule has 2 aromatic carbocycles. The number of carbonyl (C=O) groups is 3. The smallest absolute Gasteiger partial charge is 0.240 e. The van der Waals surface area contributed by atoms with Crippen molar-refractivity contribution in [2.45, 2.75) is 31.1 Å². The third-order valence-electron chi connectivity index (χ3n) is 7.88.